The van der Waals surface area contributed by atoms with Crippen LogP contribution in [0.15, 0.2) is 0 Å². The molecular formula is C19H37N2+. The van der Waals surface area contributed by atoms with E-state index in [0.29, 0.717) is 0 Å². The minimum Gasteiger partial charge on any atom is -0.326 e. The van der Waals surface area contributed by atoms with Gasteiger partial charge in [0.15, 0.2) is 0 Å². The second-order valence-corrected chi connectivity index (χ2v) is 8.94. The van der Waals surface area contributed by atoms with E-state index in [1.54, 1.807) is 6.42 Å². The topological polar surface area (TPSA) is 3.24 Å². The van der Waals surface area contributed by atoms with Gasteiger partial charge in [-0.3, -0.25) is 0 Å². The van der Waals surface area contributed by atoms with Crippen molar-refractivity contribution in [2.45, 2.75) is 39.5 Å². The summed E-state index contributed by atoms with van der Waals surface area (Å²) in [5.74, 6) is 6.19. The predicted molar refractivity (Wildman–Crippen MR) is 90.1 cm³/mol. The van der Waals surface area contributed by atoms with Crippen molar-refractivity contribution < 1.29 is 4.48 Å². The number of fused-ring (bicyclic) bond motifs is 2. The van der Waals surface area contributed by atoms with Crippen molar-refractivity contribution in [1.82, 2.24) is 4.90 Å². The third-order valence-corrected chi connectivity index (χ3v) is 7.25. The average Bonchev–Trinajstić information content (AvgIpc) is 2.77. The van der Waals surface area contributed by atoms with Crippen LogP contribution in [0.2, 0.25) is 0 Å². The molecule has 4 aliphatic rings. The molecule has 2 heteroatoms. The Labute approximate surface area is 132 Å². The van der Waals surface area contributed by atoms with Crippen molar-refractivity contribution in [3.05, 3.63) is 0 Å². The van der Waals surface area contributed by atoms with Gasteiger partial charge in [-0.25, -0.2) is 0 Å². The van der Waals surface area contributed by atoms with Crippen LogP contribution in [-0.2, 0) is 0 Å². The lowest BCUT2D eigenvalue weighted by molar-refractivity contribution is -0.900. The summed E-state index contributed by atoms with van der Waals surface area (Å²) in [7, 11) is 7.10. The summed E-state index contributed by atoms with van der Waals surface area (Å²) in [4.78, 5) is 2.46. The maximum absolute atomic E-state index is 2.54. The highest BCUT2D eigenvalue weighted by atomic mass is 15.4. The second-order valence-electron chi connectivity index (χ2n) is 8.94. The first-order chi connectivity index (χ1) is 9.99. The van der Waals surface area contributed by atoms with Crippen LogP contribution in [0, 0.1) is 35.5 Å². The highest BCUT2D eigenvalue weighted by Gasteiger charge is 2.59. The molecule has 0 radical (unpaired) electrons. The van der Waals surface area contributed by atoms with E-state index in [1.165, 1.54) is 49.9 Å². The summed E-state index contributed by atoms with van der Waals surface area (Å²) in [5.41, 5.74) is 0. The zero-order chi connectivity index (χ0) is 15.2. The predicted octanol–water partition coefficient (Wildman–Crippen LogP) is 3.33. The third-order valence-electron chi connectivity index (χ3n) is 7.25. The van der Waals surface area contributed by atoms with Crippen molar-refractivity contribution in [1.29, 1.82) is 0 Å². The fourth-order valence-electron chi connectivity index (χ4n) is 6.80. The van der Waals surface area contributed by atoms with Crippen LogP contribution in [0.25, 0.3) is 0 Å². The van der Waals surface area contributed by atoms with Crippen molar-refractivity contribution in [2.24, 2.45) is 35.5 Å². The molecule has 2 bridgehead atoms. The zero-order valence-electron chi connectivity index (χ0n) is 15.0. The number of rotatable bonds is 5. The van der Waals surface area contributed by atoms with Gasteiger partial charge in [0.25, 0.3) is 0 Å². The van der Waals surface area contributed by atoms with E-state index in [1.807, 2.05) is 0 Å². The van der Waals surface area contributed by atoms with Crippen LogP contribution < -0.4 is 0 Å². The number of nitrogens with zero attached hydrogens (tertiary/aromatic N) is 2. The summed E-state index contributed by atoms with van der Waals surface area (Å²) in [6.07, 6.45) is 5.84. The minimum atomic E-state index is 0.984. The van der Waals surface area contributed by atoms with Gasteiger partial charge in [0.05, 0.1) is 26.7 Å². The molecule has 1 aliphatic heterocycles. The normalized spacial score (nSPS) is 48.9. The summed E-state index contributed by atoms with van der Waals surface area (Å²) in [5, 5.41) is 0. The summed E-state index contributed by atoms with van der Waals surface area (Å²) >= 11 is 0. The lowest BCUT2D eigenvalue weighted by atomic mass is 9.50. The van der Waals surface area contributed by atoms with E-state index >= 15 is 0 Å². The Balaban J connectivity index is 1.82. The van der Waals surface area contributed by atoms with Crippen LogP contribution in [-0.4, -0.2) is 56.7 Å². The molecule has 4 rings (SSSR count). The molecule has 7 atom stereocenters. The molecule has 0 aromatic carbocycles. The number of hydrogen-bond donors (Lipinski definition) is 0. The Morgan fingerprint density at radius 3 is 1.95 bits per heavy atom. The van der Waals surface area contributed by atoms with E-state index in [-0.39, 0.29) is 0 Å². The molecular weight excluding hydrogens is 256 g/mol. The zero-order valence-corrected chi connectivity index (χ0v) is 15.0. The first-order valence-corrected chi connectivity index (χ1v) is 9.47. The molecule has 122 valence electrons. The summed E-state index contributed by atoms with van der Waals surface area (Å²) < 4.78 is 1.38. The Hall–Kier alpha value is -0.0800. The first-order valence-electron chi connectivity index (χ1n) is 9.47. The molecule has 4 fully saturated rings. The highest BCUT2D eigenvalue weighted by molar-refractivity contribution is 5.03. The van der Waals surface area contributed by atoms with Crippen molar-refractivity contribution in [2.75, 3.05) is 47.3 Å². The number of likely N-dealkylation sites (tertiary alicyclic amines) is 1. The number of quaternary nitrogens is 1. The minimum absolute atomic E-state index is 0.984. The van der Waals surface area contributed by atoms with Gasteiger partial charge in [-0.2, -0.15) is 0 Å². The van der Waals surface area contributed by atoms with E-state index < -0.39 is 0 Å². The molecule has 0 aromatic heterocycles. The van der Waals surface area contributed by atoms with E-state index in [0.717, 1.165) is 35.5 Å². The lowest BCUT2D eigenvalue weighted by Gasteiger charge is -2.54. The van der Waals surface area contributed by atoms with E-state index in [4.69, 9.17) is 0 Å². The Morgan fingerprint density at radius 2 is 1.48 bits per heavy atom. The molecule has 0 spiro atoms. The molecule has 1 heterocycles. The first kappa shape index (κ1) is 15.8. The molecule has 2 nitrogen and oxygen atoms in total. The molecule has 0 aromatic rings. The molecule has 0 amide bonds. The van der Waals surface area contributed by atoms with Gasteiger partial charge in [0.1, 0.15) is 0 Å². The standard InChI is InChI=1S/C19H37N2/c1-6-10-21(5)12-18-15-8-9-16(19(18)13-21)17(11-20(3)4)14(15)7-2/h14-19H,6-13H2,1-5H3/q+1. The van der Waals surface area contributed by atoms with Crippen LogP contribution >= 0.6 is 0 Å². The molecule has 3 aliphatic carbocycles. The highest BCUT2D eigenvalue weighted by Crippen LogP contribution is 2.58. The van der Waals surface area contributed by atoms with Gasteiger partial charge in [-0.15, -0.1) is 0 Å². The van der Waals surface area contributed by atoms with Crippen LogP contribution in [0.4, 0.5) is 0 Å². The Morgan fingerprint density at radius 1 is 0.905 bits per heavy atom. The van der Waals surface area contributed by atoms with E-state index in [2.05, 4.69) is 39.9 Å². The average molecular weight is 294 g/mol. The lowest BCUT2D eigenvalue weighted by Crippen LogP contribution is -2.52. The Bertz CT molecular complexity index is 367. The number of hydrogen-bond acceptors (Lipinski definition) is 1. The molecule has 0 N–H and O–H groups in total. The van der Waals surface area contributed by atoms with Gasteiger partial charge in [-0.1, -0.05) is 20.3 Å². The van der Waals surface area contributed by atoms with Crippen molar-refractivity contribution >= 4 is 0 Å². The van der Waals surface area contributed by atoms with E-state index in [9.17, 15) is 0 Å². The second kappa shape index (κ2) is 5.85. The largest absolute Gasteiger partial charge is 0.326 e. The van der Waals surface area contributed by atoms with Gasteiger partial charge in [-0.05, 0) is 57.0 Å². The van der Waals surface area contributed by atoms with Gasteiger partial charge < -0.3 is 9.38 Å². The van der Waals surface area contributed by atoms with Crippen LogP contribution in [0.3, 0.4) is 0 Å². The quantitative estimate of drug-likeness (QED) is 0.703. The van der Waals surface area contributed by atoms with Gasteiger partial charge >= 0.3 is 0 Å². The van der Waals surface area contributed by atoms with Gasteiger partial charge in [0.2, 0.25) is 0 Å². The van der Waals surface area contributed by atoms with Crippen molar-refractivity contribution in [3.8, 4) is 0 Å². The maximum atomic E-state index is 2.54. The maximum Gasteiger partial charge on any atom is 0.0821 e. The molecule has 1 saturated heterocycles. The fraction of sp³-hybridized carbons (Fsp3) is 1.00. The smallest absolute Gasteiger partial charge is 0.0821 e. The molecule has 3 saturated carbocycles. The van der Waals surface area contributed by atoms with Crippen molar-refractivity contribution in [3.63, 3.8) is 0 Å². The van der Waals surface area contributed by atoms with Gasteiger partial charge in [0, 0.05) is 18.4 Å². The molecule has 21 heavy (non-hydrogen) atoms. The summed E-state index contributed by atoms with van der Waals surface area (Å²) in [6, 6.07) is 0. The van der Waals surface area contributed by atoms with Crippen LogP contribution in [0.5, 0.6) is 0 Å². The fourth-order valence-corrected chi connectivity index (χ4v) is 6.80. The summed E-state index contributed by atoms with van der Waals surface area (Å²) in [6.45, 7) is 10.5. The Kier molecular flexibility index (Phi) is 4.40. The molecule has 7 unspecified atom stereocenters. The van der Waals surface area contributed by atoms with Crippen LogP contribution in [0.1, 0.15) is 39.5 Å². The SMILES string of the molecule is CCC[N+]1(C)CC2C3CCC(C(CN(C)C)C3CC)C2C1. The monoisotopic (exact) mass is 293 g/mol. The third kappa shape index (κ3) is 2.67.